The zero-order valence-electron chi connectivity index (χ0n) is 12.5. The van der Waals surface area contributed by atoms with E-state index >= 15 is 0 Å². The van der Waals surface area contributed by atoms with Crippen molar-refractivity contribution in [3.05, 3.63) is 35.9 Å². The van der Waals surface area contributed by atoms with Crippen molar-refractivity contribution in [3.8, 4) is 0 Å². The zero-order valence-corrected chi connectivity index (χ0v) is 12.5. The van der Waals surface area contributed by atoms with Crippen molar-refractivity contribution in [1.29, 1.82) is 0 Å². The van der Waals surface area contributed by atoms with E-state index in [2.05, 4.69) is 24.2 Å². The van der Waals surface area contributed by atoms with Crippen molar-refractivity contribution in [2.75, 3.05) is 26.8 Å². The highest BCUT2D eigenvalue weighted by Gasteiger charge is 2.24. The fourth-order valence-electron chi connectivity index (χ4n) is 2.13. The number of methoxy groups -OCH3 is 1. The maximum Gasteiger partial charge on any atom is 0.242 e. The largest absolute Gasteiger partial charge is 0.383 e. The molecule has 0 aliphatic rings. The highest BCUT2D eigenvalue weighted by molar-refractivity contribution is 5.83. The Balaban J connectivity index is 2.85. The summed E-state index contributed by atoms with van der Waals surface area (Å²) in [5, 5.41) is 0. The van der Waals surface area contributed by atoms with Crippen LogP contribution >= 0.6 is 0 Å². The molecule has 0 saturated heterocycles. The normalized spacial score (nSPS) is 12.7. The van der Waals surface area contributed by atoms with E-state index in [0.29, 0.717) is 19.2 Å². The minimum atomic E-state index is -0.277. The second-order valence-electron chi connectivity index (χ2n) is 5.05. The molecule has 20 heavy (non-hydrogen) atoms. The van der Waals surface area contributed by atoms with E-state index in [4.69, 9.17) is 10.6 Å². The summed E-state index contributed by atoms with van der Waals surface area (Å²) in [4.78, 5) is 14.3. The molecule has 3 N–H and O–H groups in total. The number of hydrazine groups is 1. The van der Waals surface area contributed by atoms with Crippen molar-refractivity contribution in [2.24, 2.45) is 5.84 Å². The predicted molar refractivity (Wildman–Crippen MR) is 80.1 cm³/mol. The lowest BCUT2D eigenvalue weighted by Crippen LogP contribution is -2.43. The molecule has 0 fully saturated rings. The summed E-state index contributed by atoms with van der Waals surface area (Å²) in [5.41, 5.74) is 3.24. The predicted octanol–water partition coefficient (Wildman–Crippen LogP) is 1.12. The van der Waals surface area contributed by atoms with Gasteiger partial charge in [-0.2, -0.15) is 0 Å². The summed E-state index contributed by atoms with van der Waals surface area (Å²) in [5.74, 6) is 4.87. The number of nitrogens with one attached hydrogen (secondary N) is 1. The summed E-state index contributed by atoms with van der Waals surface area (Å²) >= 11 is 0. The monoisotopic (exact) mass is 279 g/mol. The Morgan fingerprint density at radius 3 is 2.50 bits per heavy atom. The average molecular weight is 279 g/mol. The fraction of sp³-hybridized carbons (Fsp3) is 0.533. The van der Waals surface area contributed by atoms with E-state index in [1.807, 2.05) is 30.3 Å². The van der Waals surface area contributed by atoms with Crippen LogP contribution in [0.2, 0.25) is 0 Å². The number of carbonyl (C=O) groups is 1. The number of rotatable bonds is 8. The Kier molecular flexibility index (Phi) is 7.22. The molecule has 1 unspecified atom stereocenters. The Morgan fingerprint density at radius 1 is 1.35 bits per heavy atom. The molecule has 0 aromatic heterocycles. The van der Waals surface area contributed by atoms with Crippen molar-refractivity contribution in [1.82, 2.24) is 10.3 Å². The van der Waals surface area contributed by atoms with Crippen LogP contribution in [0.4, 0.5) is 0 Å². The molecule has 0 bridgehead atoms. The molecule has 0 heterocycles. The van der Waals surface area contributed by atoms with Gasteiger partial charge in [0.2, 0.25) is 5.91 Å². The minimum absolute atomic E-state index is 0.167. The summed E-state index contributed by atoms with van der Waals surface area (Å²) in [6, 6.07) is 10.0. The summed E-state index contributed by atoms with van der Waals surface area (Å²) in [6.45, 7) is 6.27. The number of hydrogen-bond acceptors (Lipinski definition) is 4. The van der Waals surface area contributed by atoms with Crippen molar-refractivity contribution in [2.45, 2.75) is 25.8 Å². The highest BCUT2D eigenvalue weighted by atomic mass is 16.5. The number of ether oxygens (including phenoxy) is 1. The van der Waals surface area contributed by atoms with Crippen LogP contribution in [-0.2, 0) is 9.53 Å². The third-order valence-electron chi connectivity index (χ3n) is 3.39. The van der Waals surface area contributed by atoms with Gasteiger partial charge in [-0.05, 0) is 19.4 Å². The lowest BCUT2D eigenvalue weighted by atomic mass is 9.97. The molecular formula is C15H25N3O2. The molecule has 1 aromatic carbocycles. The molecule has 0 radical (unpaired) electrons. The van der Waals surface area contributed by atoms with E-state index in [0.717, 1.165) is 12.1 Å². The lowest BCUT2D eigenvalue weighted by molar-refractivity contribution is -0.123. The van der Waals surface area contributed by atoms with Gasteiger partial charge < -0.3 is 4.74 Å². The quantitative estimate of drug-likeness (QED) is 0.425. The van der Waals surface area contributed by atoms with E-state index in [9.17, 15) is 4.79 Å². The molecule has 5 nitrogen and oxygen atoms in total. The minimum Gasteiger partial charge on any atom is -0.383 e. The van der Waals surface area contributed by atoms with E-state index in [1.165, 1.54) is 0 Å². The van der Waals surface area contributed by atoms with Crippen LogP contribution in [-0.4, -0.2) is 43.7 Å². The van der Waals surface area contributed by atoms with Crippen LogP contribution in [0.3, 0.4) is 0 Å². The molecule has 1 aromatic rings. The smallest absolute Gasteiger partial charge is 0.242 e. The molecule has 5 heteroatoms. The van der Waals surface area contributed by atoms with Crippen molar-refractivity contribution < 1.29 is 9.53 Å². The molecule has 112 valence electrons. The fourth-order valence-corrected chi connectivity index (χ4v) is 2.13. The first-order valence-electron chi connectivity index (χ1n) is 6.88. The van der Waals surface area contributed by atoms with Crippen LogP contribution in [0, 0.1) is 0 Å². The number of carbonyl (C=O) groups excluding carboxylic acids is 1. The van der Waals surface area contributed by atoms with E-state index < -0.39 is 0 Å². The van der Waals surface area contributed by atoms with Crippen molar-refractivity contribution in [3.63, 3.8) is 0 Å². The highest BCUT2D eigenvalue weighted by Crippen LogP contribution is 2.18. The van der Waals surface area contributed by atoms with Gasteiger partial charge in [0.15, 0.2) is 0 Å². The molecule has 1 rings (SSSR count). The third kappa shape index (κ3) is 4.92. The average Bonchev–Trinajstić information content (AvgIpc) is 2.47. The topological polar surface area (TPSA) is 67.6 Å². The summed E-state index contributed by atoms with van der Waals surface area (Å²) < 4.78 is 5.13. The van der Waals surface area contributed by atoms with Gasteiger partial charge in [-0.3, -0.25) is 15.1 Å². The molecule has 1 atom stereocenters. The Bertz CT molecular complexity index is 395. The standard InChI is InChI=1S/C15H25N3O2/c1-12(2)18(9-10-20-3)11-14(15(19)17-16)13-7-5-4-6-8-13/h4-8,12,14H,9-11,16H2,1-3H3,(H,17,19). The molecule has 0 spiro atoms. The van der Waals surface area contributed by atoms with Gasteiger partial charge >= 0.3 is 0 Å². The van der Waals surface area contributed by atoms with Gasteiger partial charge in [-0.25, -0.2) is 5.84 Å². The van der Waals surface area contributed by atoms with Crippen LogP contribution < -0.4 is 11.3 Å². The van der Waals surface area contributed by atoms with Crippen LogP contribution in [0.1, 0.15) is 25.3 Å². The number of amides is 1. The molecule has 0 aliphatic carbocycles. The van der Waals surface area contributed by atoms with Crippen LogP contribution in [0.15, 0.2) is 30.3 Å². The zero-order chi connectivity index (χ0) is 15.0. The number of nitrogens with zero attached hydrogens (tertiary/aromatic N) is 1. The van der Waals surface area contributed by atoms with Crippen molar-refractivity contribution >= 4 is 5.91 Å². The van der Waals surface area contributed by atoms with E-state index in [-0.39, 0.29) is 11.8 Å². The van der Waals surface area contributed by atoms with Gasteiger partial charge in [0, 0.05) is 26.2 Å². The number of hydrogen-bond donors (Lipinski definition) is 2. The first kappa shape index (κ1) is 16.6. The first-order valence-corrected chi connectivity index (χ1v) is 6.88. The molecule has 1 amide bonds. The molecule has 0 aliphatic heterocycles. The van der Waals surface area contributed by atoms with Crippen LogP contribution in [0.25, 0.3) is 0 Å². The number of benzene rings is 1. The van der Waals surface area contributed by atoms with Gasteiger partial charge in [0.25, 0.3) is 0 Å². The Hall–Kier alpha value is -1.43. The maximum absolute atomic E-state index is 12.1. The Labute approximate surface area is 121 Å². The Morgan fingerprint density at radius 2 is 2.00 bits per heavy atom. The first-order chi connectivity index (χ1) is 9.60. The summed E-state index contributed by atoms with van der Waals surface area (Å²) in [6.07, 6.45) is 0. The lowest BCUT2D eigenvalue weighted by Gasteiger charge is -2.30. The SMILES string of the molecule is COCCN(CC(C(=O)NN)c1ccccc1)C(C)C. The van der Waals surface area contributed by atoms with Crippen LogP contribution in [0.5, 0.6) is 0 Å². The van der Waals surface area contributed by atoms with Gasteiger partial charge in [0.1, 0.15) is 0 Å². The molecular weight excluding hydrogens is 254 g/mol. The van der Waals surface area contributed by atoms with Gasteiger partial charge in [-0.15, -0.1) is 0 Å². The second-order valence-corrected chi connectivity index (χ2v) is 5.05. The summed E-state index contributed by atoms with van der Waals surface area (Å²) in [7, 11) is 1.68. The third-order valence-corrected chi connectivity index (χ3v) is 3.39. The van der Waals surface area contributed by atoms with E-state index in [1.54, 1.807) is 7.11 Å². The number of nitrogens with two attached hydrogens (primary N) is 1. The maximum atomic E-state index is 12.1. The second kappa shape index (κ2) is 8.68. The van der Waals surface area contributed by atoms with Gasteiger partial charge in [0.05, 0.1) is 12.5 Å². The van der Waals surface area contributed by atoms with Gasteiger partial charge in [-0.1, -0.05) is 30.3 Å². The molecule has 0 saturated carbocycles.